The molecule has 2 aliphatic rings. The number of hydrogen-bond donors (Lipinski definition) is 0. The van der Waals surface area contributed by atoms with Crippen LogP contribution >= 0.6 is 0 Å². The SMILES string of the molecule is N#Cc1ccc2c(c1)Oc1cc3c4cc(C#N)ccc4n(-c4nc(-c5ccc(-c6ccccc6)cc5)c5ccccc5n4)c3c3c1N2c1ccc(C#N)cc1O3. The van der Waals surface area contributed by atoms with Gasteiger partial charge in [0.1, 0.15) is 11.2 Å². The molecular formula is C47H23N7O2. The Hall–Kier alpha value is -8.45. The van der Waals surface area contributed by atoms with E-state index >= 15 is 0 Å². The lowest BCUT2D eigenvalue weighted by Crippen LogP contribution is -2.21. The average molecular weight is 718 g/mol. The Morgan fingerprint density at radius 1 is 0.500 bits per heavy atom. The van der Waals surface area contributed by atoms with E-state index in [1.54, 1.807) is 30.3 Å². The van der Waals surface area contributed by atoms with Gasteiger partial charge in [-0.1, -0.05) is 72.8 Å². The Morgan fingerprint density at radius 3 is 1.86 bits per heavy atom. The maximum Gasteiger partial charge on any atom is 0.235 e. The maximum absolute atomic E-state index is 10.0. The summed E-state index contributed by atoms with van der Waals surface area (Å²) in [6.45, 7) is 0. The van der Waals surface area contributed by atoms with Gasteiger partial charge in [-0.25, -0.2) is 9.97 Å². The smallest absolute Gasteiger partial charge is 0.235 e. The lowest BCUT2D eigenvalue weighted by atomic mass is 10.0. The number of fused-ring (bicyclic) bond motifs is 9. The zero-order chi connectivity index (χ0) is 37.5. The first-order valence-corrected chi connectivity index (χ1v) is 17.8. The summed E-state index contributed by atoms with van der Waals surface area (Å²) < 4.78 is 15.5. The molecule has 9 heteroatoms. The highest BCUT2D eigenvalue weighted by molar-refractivity contribution is 6.16. The molecule has 2 aromatic heterocycles. The van der Waals surface area contributed by atoms with Crippen LogP contribution in [0.1, 0.15) is 16.7 Å². The second-order valence-corrected chi connectivity index (χ2v) is 13.6. The summed E-state index contributed by atoms with van der Waals surface area (Å²) >= 11 is 0. The van der Waals surface area contributed by atoms with Gasteiger partial charge in [0.15, 0.2) is 23.0 Å². The zero-order valence-electron chi connectivity index (χ0n) is 29.2. The van der Waals surface area contributed by atoms with Gasteiger partial charge >= 0.3 is 0 Å². The molecule has 0 amide bonds. The molecule has 0 saturated heterocycles. The van der Waals surface area contributed by atoms with Gasteiger partial charge in [0.2, 0.25) is 5.95 Å². The van der Waals surface area contributed by atoms with Crippen molar-refractivity contribution in [2.75, 3.05) is 4.90 Å². The molecule has 0 N–H and O–H groups in total. The Kier molecular flexibility index (Phi) is 6.54. The number of rotatable bonds is 3. The van der Waals surface area contributed by atoms with Crippen LogP contribution in [0.2, 0.25) is 0 Å². The second-order valence-electron chi connectivity index (χ2n) is 13.6. The number of aromatic nitrogens is 3. The van der Waals surface area contributed by atoms with Crippen molar-refractivity contribution < 1.29 is 9.47 Å². The van der Waals surface area contributed by atoms with E-state index < -0.39 is 0 Å². The summed E-state index contributed by atoms with van der Waals surface area (Å²) in [5.74, 6) is 2.36. The summed E-state index contributed by atoms with van der Waals surface area (Å²) in [6, 6.07) is 51.5. The molecule has 258 valence electrons. The van der Waals surface area contributed by atoms with Crippen LogP contribution in [0.25, 0.3) is 61.0 Å². The predicted molar refractivity (Wildman–Crippen MR) is 214 cm³/mol. The van der Waals surface area contributed by atoms with Crippen molar-refractivity contribution >= 4 is 49.8 Å². The van der Waals surface area contributed by atoms with Gasteiger partial charge in [0, 0.05) is 33.9 Å². The lowest BCUT2D eigenvalue weighted by Gasteiger charge is -2.38. The largest absolute Gasteiger partial charge is 0.453 e. The van der Waals surface area contributed by atoms with Crippen molar-refractivity contribution in [1.82, 2.24) is 14.5 Å². The molecule has 0 radical (unpaired) electrons. The highest BCUT2D eigenvalue weighted by atomic mass is 16.5. The summed E-state index contributed by atoms with van der Waals surface area (Å²) in [4.78, 5) is 12.5. The molecule has 0 aliphatic carbocycles. The van der Waals surface area contributed by atoms with Crippen molar-refractivity contribution in [3.05, 3.63) is 156 Å². The van der Waals surface area contributed by atoms with Crippen molar-refractivity contribution in [2.24, 2.45) is 0 Å². The molecule has 0 bridgehead atoms. The number of anilines is 3. The molecule has 2 aliphatic heterocycles. The Balaban J connectivity index is 1.22. The first kappa shape index (κ1) is 31.1. The number of nitriles is 3. The molecule has 0 atom stereocenters. The van der Waals surface area contributed by atoms with Crippen LogP contribution in [-0.2, 0) is 0 Å². The fourth-order valence-electron chi connectivity index (χ4n) is 7.91. The molecule has 4 heterocycles. The van der Waals surface area contributed by atoms with Crippen molar-refractivity contribution in [1.29, 1.82) is 15.8 Å². The van der Waals surface area contributed by atoms with E-state index in [1.165, 1.54) is 0 Å². The molecule has 0 unspecified atom stereocenters. The van der Waals surface area contributed by atoms with Gasteiger partial charge < -0.3 is 9.47 Å². The highest BCUT2D eigenvalue weighted by Crippen LogP contribution is 2.62. The molecule has 9 aromatic rings. The monoisotopic (exact) mass is 717 g/mol. The maximum atomic E-state index is 10.0. The Labute approximate surface area is 319 Å². The zero-order valence-corrected chi connectivity index (χ0v) is 29.2. The van der Waals surface area contributed by atoms with Gasteiger partial charge in [-0.05, 0) is 65.7 Å². The Morgan fingerprint density at radius 2 is 1.12 bits per heavy atom. The van der Waals surface area contributed by atoms with E-state index in [-0.39, 0.29) is 0 Å². The summed E-state index contributed by atoms with van der Waals surface area (Å²) in [5.41, 5.74) is 9.54. The molecule has 9 nitrogen and oxygen atoms in total. The number of nitrogens with zero attached hydrogens (tertiary/aromatic N) is 7. The minimum Gasteiger partial charge on any atom is -0.453 e. The van der Waals surface area contributed by atoms with E-state index in [2.05, 4.69) is 54.6 Å². The normalized spacial score (nSPS) is 12.1. The third-order valence-electron chi connectivity index (χ3n) is 10.4. The quantitative estimate of drug-likeness (QED) is 0.177. The minimum atomic E-state index is 0.411. The Bertz CT molecular complexity index is 3280. The molecule has 0 spiro atoms. The van der Waals surface area contributed by atoms with Gasteiger partial charge in [0.05, 0.1) is 63.0 Å². The second kappa shape index (κ2) is 11.8. The molecule has 0 saturated carbocycles. The van der Waals surface area contributed by atoms with E-state index in [0.717, 1.165) is 49.6 Å². The van der Waals surface area contributed by atoms with Crippen LogP contribution in [0.4, 0.5) is 17.1 Å². The lowest BCUT2D eigenvalue weighted by molar-refractivity contribution is 0.449. The van der Waals surface area contributed by atoms with Gasteiger partial charge in [0.25, 0.3) is 0 Å². The van der Waals surface area contributed by atoms with Crippen molar-refractivity contribution in [3.8, 4) is 69.5 Å². The minimum absolute atomic E-state index is 0.411. The van der Waals surface area contributed by atoms with Crippen LogP contribution in [0.3, 0.4) is 0 Å². The van der Waals surface area contributed by atoms with Crippen molar-refractivity contribution in [2.45, 2.75) is 0 Å². The third-order valence-corrected chi connectivity index (χ3v) is 10.4. The van der Waals surface area contributed by atoms with Crippen LogP contribution in [-0.4, -0.2) is 14.5 Å². The third kappa shape index (κ3) is 4.51. The standard InChI is InChI=1S/C47H23N7O2/c48-24-27-10-17-37-34(20-27)35-23-42-45-46(56-41-22-29(26-50)12-19-39(41)53(45)38-18-11-28(25-49)21-40(38)55-42)44(35)54(37)47-51-36-9-5-4-8-33(36)43(52-47)32-15-13-31(14-16-32)30-6-2-1-3-7-30/h1-23H. The first-order chi connectivity index (χ1) is 27.6. The summed E-state index contributed by atoms with van der Waals surface area (Å²) in [7, 11) is 0. The first-order valence-electron chi connectivity index (χ1n) is 17.8. The number of ether oxygens (including phenoxy) is 2. The van der Waals surface area contributed by atoms with Gasteiger partial charge in [-0.3, -0.25) is 9.47 Å². The number of hydrogen-bond acceptors (Lipinski definition) is 8. The molecular weight excluding hydrogens is 695 g/mol. The fraction of sp³-hybridized carbons (Fsp3) is 0. The van der Waals surface area contributed by atoms with E-state index in [9.17, 15) is 15.8 Å². The van der Waals surface area contributed by atoms with Gasteiger partial charge in [-0.15, -0.1) is 0 Å². The number of para-hydroxylation sites is 1. The van der Waals surface area contributed by atoms with E-state index in [1.807, 2.05) is 82.3 Å². The molecule has 11 rings (SSSR count). The molecule has 7 aromatic carbocycles. The van der Waals surface area contributed by atoms with Crippen molar-refractivity contribution in [3.63, 3.8) is 0 Å². The van der Waals surface area contributed by atoms with Crippen LogP contribution < -0.4 is 14.4 Å². The van der Waals surface area contributed by atoms with Crippen LogP contribution in [0, 0.1) is 34.0 Å². The predicted octanol–water partition coefficient (Wildman–Crippen LogP) is 11.4. The summed E-state index contributed by atoms with van der Waals surface area (Å²) in [5, 5.41) is 32.1. The van der Waals surface area contributed by atoms with Crippen LogP contribution in [0.15, 0.2) is 140 Å². The van der Waals surface area contributed by atoms with E-state index in [4.69, 9.17) is 19.4 Å². The average Bonchev–Trinajstić information content (AvgIpc) is 3.59. The number of benzene rings is 7. The van der Waals surface area contributed by atoms with E-state index in [0.29, 0.717) is 68.2 Å². The topological polar surface area (TPSA) is 124 Å². The molecule has 56 heavy (non-hydrogen) atoms. The van der Waals surface area contributed by atoms with Gasteiger partial charge in [-0.2, -0.15) is 15.8 Å². The molecule has 0 fully saturated rings. The van der Waals surface area contributed by atoms with Crippen LogP contribution in [0.5, 0.6) is 23.0 Å². The fourth-order valence-corrected chi connectivity index (χ4v) is 7.91. The summed E-state index contributed by atoms with van der Waals surface area (Å²) in [6.07, 6.45) is 0. The highest BCUT2D eigenvalue weighted by Gasteiger charge is 2.38.